The number of rotatable bonds is 5. The van der Waals surface area contributed by atoms with Crippen molar-refractivity contribution in [1.82, 2.24) is 4.90 Å². The number of nitrogens with two attached hydrogens (primary N) is 1. The second-order valence-corrected chi connectivity index (χ2v) is 5.09. The van der Waals surface area contributed by atoms with Crippen LogP contribution in [0.3, 0.4) is 0 Å². The van der Waals surface area contributed by atoms with Crippen LogP contribution in [-0.4, -0.2) is 30.7 Å². The Kier molecular flexibility index (Phi) is 6.35. The molecule has 0 bridgehead atoms. The predicted octanol–water partition coefficient (Wildman–Crippen LogP) is 2.83. The van der Waals surface area contributed by atoms with E-state index >= 15 is 0 Å². The van der Waals surface area contributed by atoms with Gasteiger partial charge in [0.05, 0.1) is 13.1 Å². The molecule has 0 spiro atoms. The van der Waals surface area contributed by atoms with Crippen LogP contribution in [0.5, 0.6) is 0 Å². The molecule has 0 saturated heterocycles. The van der Waals surface area contributed by atoms with Gasteiger partial charge in [-0.3, -0.25) is 4.90 Å². The quantitative estimate of drug-likeness (QED) is 0.845. The summed E-state index contributed by atoms with van der Waals surface area (Å²) in [5.41, 5.74) is 6.07. The number of hydrogen-bond donors (Lipinski definition) is 1. The van der Waals surface area contributed by atoms with Crippen molar-refractivity contribution >= 4 is 11.3 Å². The van der Waals surface area contributed by atoms with E-state index in [4.69, 9.17) is 5.73 Å². The molecule has 6 heteroatoms. The van der Waals surface area contributed by atoms with Gasteiger partial charge < -0.3 is 5.73 Å². The summed E-state index contributed by atoms with van der Waals surface area (Å²) in [6.45, 7) is 1.92. The molecule has 2 N–H and O–H groups in total. The molecule has 0 saturated carbocycles. The lowest BCUT2D eigenvalue weighted by molar-refractivity contribution is -0.147. The highest BCUT2D eigenvalue weighted by Gasteiger charge is 2.30. The van der Waals surface area contributed by atoms with Gasteiger partial charge in [0.25, 0.3) is 0 Å². The summed E-state index contributed by atoms with van der Waals surface area (Å²) in [6, 6.07) is 1.82. The van der Waals surface area contributed by atoms with E-state index in [9.17, 15) is 13.2 Å². The number of nitrogens with zero attached hydrogens (tertiary/aromatic N) is 1. The molecule has 19 heavy (non-hydrogen) atoms. The van der Waals surface area contributed by atoms with E-state index in [0.29, 0.717) is 13.0 Å². The molecule has 2 nitrogen and oxygen atoms in total. The zero-order chi connectivity index (χ0) is 14.3. The molecule has 1 aromatic heterocycles. The maximum atomic E-state index is 12.5. The second-order valence-electron chi connectivity index (χ2n) is 4.09. The highest BCUT2D eigenvalue weighted by molar-refractivity contribution is 7.10. The number of alkyl halides is 3. The van der Waals surface area contributed by atoms with E-state index in [1.165, 1.54) is 16.2 Å². The fraction of sp³-hybridized carbons (Fsp3) is 0.538. The van der Waals surface area contributed by atoms with E-state index < -0.39 is 12.7 Å². The Hall–Kier alpha value is -1.03. The number of halogens is 3. The Morgan fingerprint density at radius 3 is 2.74 bits per heavy atom. The maximum absolute atomic E-state index is 12.5. The summed E-state index contributed by atoms with van der Waals surface area (Å²) in [7, 11) is 0. The van der Waals surface area contributed by atoms with Crippen molar-refractivity contribution in [3.05, 3.63) is 21.9 Å². The van der Waals surface area contributed by atoms with Crippen LogP contribution in [-0.2, 0) is 6.54 Å². The Morgan fingerprint density at radius 1 is 1.42 bits per heavy atom. The molecule has 0 aromatic carbocycles. The minimum Gasteiger partial charge on any atom is -0.320 e. The van der Waals surface area contributed by atoms with Gasteiger partial charge in [-0.1, -0.05) is 18.8 Å². The van der Waals surface area contributed by atoms with Crippen LogP contribution in [0, 0.1) is 11.8 Å². The van der Waals surface area contributed by atoms with Gasteiger partial charge in [0, 0.05) is 17.0 Å². The zero-order valence-corrected chi connectivity index (χ0v) is 11.6. The minimum absolute atomic E-state index is 0.247. The maximum Gasteiger partial charge on any atom is 0.401 e. The molecule has 106 valence electrons. The summed E-state index contributed by atoms with van der Waals surface area (Å²) in [6.07, 6.45) is -3.49. The molecule has 0 fully saturated rings. The van der Waals surface area contributed by atoms with Crippen molar-refractivity contribution in [2.45, 2.75) is 26.1 Å². The second kappa shape index (κ2) is 7.53. The van der Waals surface area contributed by atoms with Crippen molar-refractivity contribution in [2.75, 3.05) is 19.6 Å². The van der Waals surface area contributed by atoms with Crippen LogP contribution in [0.15, 0.2) is 11.4 Å². The van der Waals surface area contributed by atoms with E-state index in [1.54, 1.807) is 0 Å². The average Bonchev–Trinajstić information content (AvgIpc) is 2.72. The van der Waals surface area contributed by atoms with Crippen molar-refractivity contribution in [2.24, 2.45) is 5.73 Å². The lowest BCUT2D eigenvalue weighted by Crippen LogP contribution is -2.34. The van der Waals surface area contributed by atoms with Gasteiger partial charge in [0.1, 0.15) is 0 Å². The van der Waals surface area contributed by atoms with Crippen molar-refractivity contribution in [3.63, 3.8) is 0 Å². The molecule has 1 aromatic rings. The van der Waals surface area contributed by atoms with Gasteiger partial charge in [0.2, 0.25) is 0 Å². The molecule has 0 aliphatic rings. The van der Waals surface area contributed by atoms with Crippen LogP contribution in [0.2, 0.25) is 0 Å². The third-order valence-electron chi connectivity index (χ3n) is 2.38. The van der Waals surface area contributed by atoms with Gasteiger partial charge in [-0.05, 0) is 24.4 Å². The summed E-state index contributed by atoms with van der Waals surface area (Å²) in [5, 5.41) is 1.84. The largest absolute Gasteiger partial charge is 0.401 e. The Morgan fingerprint density at radius 2 is 2.16 bits per heavy atom. The van der Waals surface area contributed by atoms with E-state index in [2.05, 4.69) is 11.8 Å². The van der Waals surface area contributed by atoms with E-state index in [-0.39, 0.29) is 13.1 Å². The first-order valence-electron chi connectivity index (χ1n) is 6.00. The molecule has 1 heterocycles. The lowest BCUT2D eigenvalue weighted by atomic mass is 10.2. The van der Waals surface area contributed by atoms with Gasteiger partial charge in [-0.2, -0.15) is 13.2 Å². The standard InChI is InChI=1S/C13H17F3N2S/c1-2-7-18(10-13(14,15)16)9-12-11(4-3-6-17)5-8-19-12/h5,8H,2,6-7,9-10,17H2,1H3. The Labute approximate surface area is 115 Å². The topological polar surface area (TPSA) is 29.3 Å². The predicted molar refractivity (Wildman–Crippen MR) is 71.9 cm³/mol. The van der Waals surface area contributed by atoms with Crippen molar-refractivity contribution < 1.29 is 13.2 Å². The van der Waals surface area contributed by atoms with Gasteiger partial charge in [0.15, 0.2) is 0 Å². The number of thiophene rings is 1. The van der Waals surface area contributed by atoms with Crippen molar-refractivity contribution in [3.8, 4) is 11.8 Å². The summed E-state index contributed by atoms with van der Waals surface area (Å²) >= 11 is 1.43. The average molecular weight is 290 g/mol. The molecule has 0 aliphatic heterocycles. The lowest BCUT2D eigenvalue weighted by Gasteiger charge is -2.22. The molecule has 0 aliphatic carbocycles. The first-order valence-corrected chi connectivity index (χ1v) is 6.88. The molecule has 0 unspecified atom stereocenters. The van der Waals surface area contributed by atoms with Crippen LogP contribution >= 0.6 is 11.3 Å². The fourth-order valence-electron chi connectivity index (χ4n) is 1.71. The highest BCUT2D eigenvalue weighted by Crippen LogP contribution is 2.22. The van der Waals surface area contributed by atoms with Gasteiger partial charge in [-0.25, -0.2) is 0 Å². The molecular formula is C13H17F3N2S. The molecule has 1 rings (SSSR count). The highest BCUT2D eigenvalue weighted by atomic mass is 32.1. The zero-order valence-electron chi connectivity index (χ0n) is 10.8. The first-order chi connectivity index (χ1) is 8.96. The van der Waals surface area contributed by atoms with Crippen LogP contribution in [0.4, 0.5) is 13.2 Å². The fourth-order valence-corrected chi connectivity index (χ4v) is 2.58. The third-order valence-corrected chi connectivity index (χ3v) is 3.29. The summed E-state index contributed by atoms with van der Waals surface area (Å²) in [5.74, 6) is 5.62. The monoisotopic (exact) mass is 290 g/mol. The Balaban J connectivity index is 2.76. The molecular weight excluding hydrogens is 273 g/mol. The van der Waals surface area contributed by atoms with Crippen molar-refractivity contribution in [1.29, 1.82) is 0 Å². The molecule has 0 radical (unpaired) electrons. The van der Waals surface area contributed by atoms with E-state index in [0.717, 1.165) is 10.4 Å². The van der Waals surface area contributed by atoms with Crippen LogP contribution in [0.25, 0.3) is 0 Å². The summed E-state index contributed by atoms with van der Waals surface area (Å²) in [4.78, 5) is 2.26. The smallest absolute Gasteiger partial charge is 0.320 e. The van der Waals surface area contributed by atoms with Gasteiger partial charge in [-0.15, -0.1) is 11.3 Å². The minimum atomic E-state index is -4.17. The first kappa shape index (κ1) is 16.0. The number of hydrogen-bond acceptors (Lipinski definition) is 3. The van der Waals surface area contributed by atoms with Crippen LogP contribution in [0.1, 0.15) is 23.8 Å². The summed E-state index contributed by atoms with van der Waals surface area (Å²) < 4.78 is 37.4. The molecule has 0 atom stereocenters. The van der Waals surface area contributed by atoms with Crippen LogP contribution < -0.4 is 5.73 Å². The third kappa shape index (κ3) is 6.10. The molecule has 0 amide bonds. The Bertz CT molecular complexity index is 443. The normalized spacial score (nSPS) is 11.5. The van der Waals surface area contributed by atoms with Gasteiger partial charge >= 0.3 is 6.18 Å². The SMILES string of the molecule is CCCN(Cc1sccc1C#CCN)CC(F)(F)F. The van der Waals surface area contributed by atoms with E-state index in [1.807, 2.05) is 18.4 Å².